The lowest BCUT2D eigenvalue weighted by Crippen LogP contribution is -1.88. The van der Waals surface area contributed by atoms with E-state index < -0.39 is 0 Å². The van der Waals surface area contributed by atoms with Gasteiger partial charge < -0.3 is 14.6 Å². The molecule has 0 radical (unpaired) electrons. The first-order valence-corrected chi connectivity index (χ1v) is 6.30. The molecule has 1 heterocycles. The quantitative estimate of drug-likeness (QED) is 0.923. The number of hydrogen-bond donors (Lipinski definition) is 1. The summed E-state index contributed by atoms with van der Waals surface area (Å²) in [5, 5.41) is 9.83. The molecule has 0 spiro atoms. The molecule has 1 aromatic carbocycles. The van der Waals surface area contributed by atoms with E-state index in [0.29, 0.717) is 5.01 Å². The summed E-state index contributed by atoms with van der Waals surface area (Å²) in [4.78, 5) is 5.33. The molecule has 96 valence electrons. The molecule has 0 saturated carbocycles. The second-order valence-corrected chi connectivity index (χ2v) is 4.87. The Bertz CT molecular complexity index is 529. The number of aryl methyl sites for hydroxylation is 1. The Kier molecular flexibility index (Phi) is 3.84. The van der Waals surface area contributed by atoms with E-state index in [4.69, 9.17) is 14.6 Å². The summed E-state index contributed by atoms with van der Waals surface area (Å²) in [6.07, 6.45) is 0. The van der Waals surface area contributed by atoms with Crippen LogP contribution in [0.15, 0.2) is 18.2 Å². The Morgan fingerprint density at radius 3 is 2.22 bits per heavy atom. The number of rotatable bonds is 4. The minimum Gasteiger partial charge on any atom is -0.497 e. The van der Waals surface area contributed by atoms with Gasteiger partial charge in [0.25, 0.3) is 0 Å². The van der Waals surface area contributed by atoms with Crippen molar-refractivity contribution in [2.45, 2.75) is 13.5 Å². The summed E-state index contributed by atoms with van der Waals surface area (Å²) in [6, 6.07) is 5.70. The van der Waals surface area contributed by atoms with Crippen LogP contribution in [0.2, 0.25) is 0 Å². The third-order valence-electron chi connectivity index (χ3n) is 2.59. The van der Waals surface area contributed by atoms with Gasteiger partial charge in [0, 0.05) is 11.6 Å². The fraction of sp³-hybridized carbons (Fsp3) is 0.308. The van der Waals surface area contributed by atoms with E-state index >= 15 is 0 Å². The molecule has 0 aliphatic heterocycles. The van der Waals surface area contributed by atoms with E-state index in [1.54, 1.807) is 14.2 Å². The first-order chi connectivity index (χ1) is 8.67. The van der Waals surface area contributed by atoms with Crippen molar-refractivity contribution >= 4 is 11.3 Å². The fourth-order valence-electron chi connectivity index (χ4n) is 1.73. The van der Waals surface area contributed by atoms with Crippen molar-refractivity contribution in [2.75, 3.05) is 14.2 Å². The fourth-order valence-corrected chi connectivity index (χ4v) is 2.64. The molecule has 0 atom stereocenters. The van der Waals surface area contributed by atoms with Crippen molar-refractivity contribution in [3.8, 4) is 21.9 Å². The van der Waals surface area contributed by atoms with Crippen molar-refractivity contribution in [1.29, 1.82) is 0 Å². The van der Waals surface area contributed by atoms with Gasteiger partial charge in [0.15, 0.2) is 0 Å². The van der Waals surface area contributed by atoms with E-state index in [1.807, 2.05) is 25.1 Å². The molecule has 0 saturated heterocycles. The Labute approximate surface area is 110 Å². The molecule has 0 bridgehead atoms. The number of benzene rings is 1. The highest BCUT2D eigenvalue weighted by molar-refractivity contribution is 7.15. The summed E-state index contributed by atoms with van der Waals surface area (Å²) in [7, 11) is 3.24. The van der Waals surface area contributed by atoms with E-state index in [0.717, 1.165) is 27.6 Å². The second kappa shape index (κ2) is 5.37. The van der Waals surface area contributed by atoms with Crippen LogP contribution in [0, 0.1) is 6.92 Å². The summed E-state index contributed by atoms with van der Waals surface area (Å²) in [6.45, 7) is 1.89. The van der Waals surface area contributed by atoms with Crippen LogP contribution in [-0.2, 0) is 6.61 Å². The van der Waals surface area contributed by atoms with Crippen molar-refractivity contribution in [3.05, 3.63) is 28.9 Å². The highest BCUT2D eigenvalue weighted by atomic mass is 32.1. The molecule has 1 aromatic heterocycles. The topological polar surface area (TPSA) is 51.6 Å². The molecule has 2 rings (SSSR count). The lowest BCUT2D eigenvalue weighted by Gasteiger charge is -2.07. The Morgan fingerprint density at radius 2 is 1.78 bits per heavy atom. The Hall–Kier alpha value is -1.59. The maximum atomic E-state index is 9.12. The standard InChI is InChI=1S/C13H15NO3S/c1-8-13(18-12(7-15)14-8)9-4-10(16-2)6-11(5-9)17-3/h4-6,15H,7H2,1-3H3. The molecule has 0 amide bonds. The molecule has 5 heteroatoms. The number of hydrogen-bond acceptors (Lipinski definition) is 5. The van der Waals surface area contributed by atoms with Gasteiger partial charge in [-0.15, -0.1) is 11.3 Å². The number of aliphatic hydroxyl groups excluding tert-OH is 1. The van der Waals surface area contributed by atoms with E-state index in [1.165, 1.54) is 11.3 Å². The molecule has 2 aromatic rings. The molecule has 1 N–H and O–H groups in total. The number of methoxy groups -OCH3 is 2. The van der Waals surface area contributed by atoms with Gasteiger partial charge in [-0.3, -0.25) is 0 Å². The van der Waals surface area contributed by atoms with Gasteiger partial charge in [-0.2, -0.15) is 0 Å². The van der Waals surface area contributed by atoms with Gasteiger partial charge >= 0.3 is 0 Å². The van der Waals surface area contributed by atoms with Crippen LogP contribution in [0.25, 0.3) is 10.4 Å². The van der Waals surface area contributed by atoms with Gasteiger partial charge in [0.2, 0.25) is 0 Å². The first-order valence-electron chi connectivity index (χ1n) is 5.48. The molecule has 0 aliphatic rings. The summed E-state index contributed by atoms with van der Waals surface area (Å²) >= 11 is 1.48. The molecule has 4 nitrogen and oxygen atoms in total. The van der Waals surface area contributed by atoms with Crippen LogP contribution in [-0.4, -0.2) is 24.3 Å². The third kappa shape index (κ3) is 2.47. The van der Waals surface area contributed by atoms with Gasteiger partial charge in [-0.25, -0.2) is 4.98 Å². The maximum Gasteiger partial charge on any atom is 0.123 e. The van der Waals surface area contributed by atoms with Crippen molar-refractivity contribution in [1.82, 2.24) is 4.98 Å². The van der Waals surface area contributed by atoms with Crippen LogP contribution in [0.4, 0.5) is 0 Å². The lowest BCUT2D eigenvalue weighted by atomic mass is 10.1. The predicted octanol–water partition coefficient (Wildman–Crippen LogP) is 2.63. The van der Waals surface area contributed by atoms with Crippen molar-refractivity contribution in [2.24, 2.45) is 0 Å². The summed E-state index contributed by atoms with van der Waals surface area (Å²) < 4.78 is 10.5. The zero-order valence-corrected chi connectivity index (χ0v) is 11.4. The second-order valence-electron chi connectivity index (χ2n) is 3.78. The van der Waals surface area contributed by atoms with Crippen LogP contribution in [0.1, 0.15) is 10.7 Å². The number of nitrogens with zero attached hydrogens (tertiary/aromatic N) is 1. The molecular formula is C13H15NO3S. The van der Waals surface area contributed by atoms with E-state index in [2.05, 4.69) is 4.98 Å². The lowest BCUT2D eigenvalue weighted by molar-refractivity contribution is 0.281. The van der Waals surface area contributed by atoms with Gasteiger partial charge in [0.1, 0.15) is 16.5 Å². The highest BCUT2D eigenvalue weighted by Gasteiger charge is 2.11. The van der Waals surface area contributed by atoms with Gasteiger partial charge in [0.05, 0.1) is 31.4 Å². The number of aliphatic hydroxyl groups is 1. The molecule has 0 fully saturated rings. The largest absolute Gasteiger partial charge is 0.497 e. The molecular weight excluding hydrogens is 250 g/mol. The van der Waals surface area contributed by atoms with Gasteiger partial charge in [-0.1, -0.05) is 0 Å². The van der Waals surface area contributed by atoms with Crippen LogP contribution in [0.3, 0.4) is 0 Å². The van der Waals surface area contributed by atoms with Gasteiger partial charge in [-0.05, 0) is 19.1 Å². The van der Waals surface area contributed by atoms with E-state index in [-0.39, 0.29) is 6.61 Å². The van der Waals surface area contributed by atoms with Crippen LogP contribution in [0.5, 0.6) is 11.5 Å². The monoisotopic (exact) mass is 265 g/mol. The van der Waals surface area contributed by atoms with Crippen molar-refractivity contribution < 1.29 is 14.6 Å². The normalized spacial score (nSPS) is 10.4. The zero-order chi connectivity index (χ0) is 13.1. The molecule has 0 aliphatic carbocycles. The first kappa shape index (κ1) is 12.9. The Balaban J connectivity index is 2.51. The molecule has 0 unspecified atom stereocenters. The zero-order valence-electron chi connectivity index (χ0n) is 10.6. The highest BCUT2D eigenvalue weighted by Crippen LogP contribution is 2.35. The summed E-state index contributed by atoms with van der Waals surface area (Å²) in [5.74, 6) is 1.48. The number of thiazole rings is 1. The molecule has 18 heavy (non-hydrogen) atoms. The number of ether oxygens (including phenoxy) is 2. The average molecular weight is 265 g/mol. The van der Waals surface area contributed by atoms with Crippen LogP contribution < -0.4 is 9.47 Å². The SMILES string of the molecule is COc1cc(OC)cc(-c2sc(CO)nc2C)c1. The number of aromatic nitrogens is 1. The van der Waals surface area contributed by atoms with Crippen molar-refractivity contribution in [3.63, 3.8) is 0 Å². The average Bonchev–Trinajstić information content (AvgIpc) is 2.79. The minimum atomic E-state index is -0.0351. The summed E-state index contributed by atoms with van der Waals surface area (Å²) in [5.41, 5.74) is 1.89. The maximum absolute atomic E-state index is 9.12. The third-order valence-corrected chi connectivity index (χ3v) is 3.78. The predicted molar refractivity (Wildman–Crippen MR) is 71.3 cm³/mol. The van der Waals surface area contributed by atoms with E-state index in [9.17, 15) is 0 Å². The Morgan fingerprint density at radius 1 is 1.17 bits per heavy atom. The minimum absolute atomic E-state index is 0.0351. The smallest absolute Gasteiger partial charge is 0.123 e. The van der Waals surface area contributed by atoms with Crippen LogP contribution >= 0.6 is 11.3 Å².